The Balaban J connectivity index is 2.64. The van der Waals surface area contributed by atoms with Crippen molar-refractivity contribution in [3.63, 3.8) is 0 Å². The van der Waals surface area contributed by atoms with Gasteiger partial charge in [-0.25, -0.2) is 4.98 Å². The molecule has 0 spiro atoms. The number of aromatic nitrogens is 2. The lowest BCUT2D eigenvalue weighted by molar-refractivity contribution is 1.37. The van der Waals surface area contributed by atoms with Crippen molar-refractivity contribution in [2.45, 2.75) is 0 Å². The van der Waals surface area contributed by atoms with Gasteiger partial charge in [-0.05, 0) is 18.2 Å². The molecule has 0 aromatic carbocycles. The lowest BCUT2D eigenvalue weighted by atomic mass is 10.2. The highest BCUT2D eigenvalue weighted by molar-refractivity contribution is 7.25. The predicted octanol–water partition coefficient (Wildman–Crippen LogP) is 2.84. The lowest BCUT2D eigenvalue weighted by Crippen LogP contribution is -1.69. The van der Waals surface area contributed by atoms with Crippen molar-refractivity contribution in [1.29, 1.82) is 0 Å². The summed E-state index contributed by atoms with van der Waals surface area (Å²) in [5.74, 6) is 0. The molecular formula is C10H6N2S. The number of hydrogen-bond acceptors (Lipinski definition) is 3. The maximum Gasteiger partial charge on any atom is 0.124 e. The fourth-order valence-corrected chi connectivity index (χ4v) is 2.48. The third-order valence-corrected chi connectivity index (χ3v) is 3.12. The average Bonchev–Trinajstić information content (AvgIpc) is 2.56. The molecule has 0 aliphatic rings. The van der Waals surface area contributed by atoms with Crippen LogP contribution in [0.3, 0.4) is 0 Å². The summed E-state index contributed by atoms with van der Waals surface area (Å²) in [5, 5.41) is 2.48. The van der Waals surface area contributed by atoms with Crippen molar-refractivity contribution in [3.05, 3.63) is 36.8 Å². The second kappa shape index (κ2) is 2.50. The zero-order valence-electron chi connectivity index (χ0n) is 6.77. The molecular weight excluding hydrogens is 180 g/mol. The second-order valence-electron chi connectivity index (χ2n) is 2.83. The number of fused-ring (bicyclic) bond motifs is 3. The number of thiophene rings is 1. The largest absolute Gasteiger partial charge is 0.263 e. The number of hydrogen-bond donors (Lipinski definition) is 0. The van der Waals surface area contributed by atoms with Crippen LogP contribution in [0.2, 0.25) is 0 Å². The highest BCUT2D eigenvalue weighted by Gasteiger charge is 2.03. The third kappa shape index (κ3) is 0.939. The molecule has 62 valence electrons. The molecule has 0 saturated heterocycles. The van der Waals surface area contributed by atoms with Crippen LogP contribution in [0, 0.1) is 0 Å². The molecule has 3 heteroatoms. The molecule has 0 unspecified atom stereocenters. The summed E-state index contributed by atoms with van der Waals surface area (Å²) in [7, 11) is 0. The van der Waals surface area contributed by atoms with Crippen LogP contribution < -0.4 is 0 Å². The highest BCUT2D eigenvalue weighted by Crippen LogP contribution is 2.30. The van der Waals surface area contributed by atoms with Gasteiger partial charge in [-0.15, -0.1) is 11.3 Å². The summed E-state index contributed by atoms with van der Waals surface area (Å²) in [6.45, 7) is 0. The van der Waals surface area contributed by atoms with Crippen LogP contribution >= 0.6 is 11.3 Å². The Hall–Kier alpha value is -1.48. The Morgan fingerprint density at radius 3 is 3.08 bits per heavy atom. The van der Waals surface area contributed by atoms with Crippen LogP contribution in [0.4, 0.5) is 0 Å². The van der Waals surface area contributed by atoms with Gasteiger partial charge < -0.3 is 0 Å². The third-order valence-electron chi connectivity index (χ3n) is 2.05. The molecule has 0 bridgehead atoms. The van der Waals surface area contributed by atoms with Crippen LogP contribution in [0.25, 0.3) is 20.3 Å². The zero-order chi connectivity index (χ0) is 8.67. The maximum atomic E-state index is 4.31. The van der Waals surface area contributed by atoms with Crippen LogP contribution in [0.1, 0.15) is 0 Å². The summed E-state index contributed by atoms with van der Waals surface area (Å²) in [5.41, 5.74) is 0. The lowest BCUT2D eigenvalue weighted by Gasteiger charge is -1.87. The molecule has 0 atom stereocenters. The molecule has 0 N–H and O–H groups in total. The van der Waals surface area contributed by atoms with E-state index < -0.39 is 0 Å². The molecule has 0 radical (unpaired) electrons. The Bertz CT molecular complexity index is 521. The average molecular weight is 186 g/mol. The standard InChI is InChI=1S/C10H6N2S/c1-2-8-7-3-5-11-6-9(7)13-10(8)12-4-1/h1-6H. The first-order valence-electron chi connectivity index (χ1n) is 4.02. The predicted molar refractivity (Wildman–Crippen MR) is 54.9 cm³/mol. The van der Waals surface area contributed by atoms with Gasteiger partial charge in [0, 0.05) is 29.4 Å². The van der Waals surface area contributed by atoms with Crippen molar-refractivity contribution in [2.75, 3.05) is 0 Å². The molecule has 0 fully saturated rings. The molecule has 2 nitrogen and oxygen atoms in total. The van der Waals surface area contributed by atoms with Crippen LogP contribution in [-0.2, 0) is 0 Å². The summed E-state index contributed by atoms with van der Waals surface area (Å²) < 4.78 is 1.20. The second-order valence-corrected chi connectivity index (χ2v) is 3.86. The summed E-state index contributed by atoms with van der Waals surface area (Å²) in [6, 6.07) is 6.10. The van der Waals surface area contributed by atoms with E-state index in [0.717, 1.165) is 4.83 Å². The van der Waals surface area contributed by atoms with E-state index in [1.165, 1.54) is 15.5 Å². The van der Waals surface area contributed by atoms with E-state index in [4.69, 9.17) is 0 Å². The zero-order valence-corrected chi connectivity index (χ0v) is 7.58. The number of pyridine rings is 2. The molecule has 0 saturated carbocycles. The highest BCUT2D eigenvalue weighted by atomic mass is 32.1. The molecule has 0 aliphatic heterocycles. The van der Waals surface area contributed by atoms with Crippen molar-refractivity contribution in [1.82, 2.24) is 9.97 Å². The quantitative estimate of drug-likeness (QED) is 0.539. The van der Waals surface area contributed by atoms with Gasteiger partial charge in [-0.3, -0.25) is 4.98 Å². The minimum absolute atomic E-state index is 1.09. The monoisotopic (exact) mass is 186 g/mol. The first-order chi connectivity index (χ1) is 6.45. The molecule has 3 aromatic heterocycles. The summed E-state index contributed by atoms with van der Waals surface area (Å²) in [6.07, 6.45) is 5.54. The van der Waals surface area contributed by atoms with E-state index in [-0.39, 0.29) is 0 Å². The molecule has 3 rings (SSSR count). The van der Waals surface area contributed by atoms with Crippen molar-refractivity contribution < 1.29 is 0 Å². The smallest absolute Gasteiger partial charge is 0.124 e. The Kier molecular flexibility index (Phi) is 1.34. The van der Waals surface area contributed by atoms with Gasteiger partial charge in [-0.1, -0.05) is 0 Å². The number of rotatable bonds is 0. The topological polar surface area (TPSA) is 25.8 Å². The summed E-state index contributed by atoms with van der Waals surface area (Å²) in [4.78, 5) is 9.49. The summed E-state index contributed by atoms with van der Waals surface area (Å²) >= 11 is 1.69. The van der Waals surface area contributed by atoms with Gasteiger partial charge in [0.25, 0.3) is 0 Å². The van der Waals surface area contributed by atoms with Crippen molar-refractivity contribution in [2.24, 2.45) is 0 Å². The molecule has 13 heavy (non-hydrogen) atoms. The minimum atomic E-state index is 1.09. The van der Waals surface area contributed by atoms with Gasteiger partial charge in [0.15, 0.2) is 0 Å². The van der Waals surface area contributed by atoms with E-state index in [1.807, 2.05) is 30.7 Å². The minimum Gasteiger partial charge on any atom is -0.263 e. The van der Waals surface area contributed by atoms with Crippen molar-refractivity contribution >= 4 is 31.6 Å². The van der Waals surface area contributed by atoms with Crippen molar-refractivity contribution in [3.8, 4) is 0 Å². The SMILES string of the molecule is c1cnc2sc3cnccc3c2c1. The van der Waals surface area contributed by atoms with E-state index >= 15 is 0 Å². The fourth-order valence-electron chi connectivity index (χ4n) is 1.47. The van der Waals surface area contributed by atoms with Gasteiger partial charge in [0.1, 0.15) is 4.83 Å². The Morgan fingerprint density at radius 1 is 1.08 bits per heavy atom. The molecule has 0 aliphatic carbocycles. The van der Waals surface area contributed by atoms with E-state index in [2.05, 4.69) is 16.0 Å². The maximum absolute atomic E-state index is 4.31. The van der Waals surface area contributed by atoms with Gasteiger partial charge >= 0.3 is 0 Å². The first-order valence-corrected chi connectivity index (χ1v) is 4.84. The normalized spacial score (nSPS) is 11.1. The fraction of sp³-hybridized carbons (Fsp3) is 0. The van der Waals surface area contributed by atoms with Crippen LogP contribution in [0.15, 0.2) is 36.8 Å². The Labute approximate surface area is 78.9 Å². The molecule has 3 heterocycles. The van der Waals surface area contributed by atoms with Gasteiger partial charge in [0.2, 0.25) is 0 Å². The van der Waals surface area contributed by atoms with Crippen LogP contribution in [0.5, 0.6) is 0 Å². The molecule has 3 aromatic rings. The van der Waals surface area contributed by atoms with E-state index in [1.54, 1.807) is 11.3 Å². The first kappa shape index (κ1) is 6.97. The van der Waals surface area contributed by atoms with Crippen LogP contribution in [-0.4, -0.2) is 9.97 Å². The van der Waals surface area contributed by atoms with Gasteiger partial charge in [0.05, 0.1) is 4.70 Å². The Morgan fingerprint density at radius 2 is 2.08 bits per heavy atom. The van der Waals surface area contributed by atoms with E-state index in [9.17, 15) is 0 Å². The van der Waals surface area contributed by atoms with E-state index in [0.29, 0.717) is 0 Å². The van der Waals surface area contributed by atoms with Gasteiger partial charge in [-0.2, -0.15) is 0 Å². The number of nitrogens with zero attached hydrogens (tertiary/aromatic N) is 2. The molecule has 0 amide bonds.